The number of aromatic nitrogens is 4. The van der Waals surface area contributed by atoms with Crippen LogP contribution in [0, 0.1) is 10.1 Å². The summed E-state index contributed by atoms with van der Waals surface area (Å²) in [6.45, 7) is 0. The fourth-order valence-corrected chi connectivity index (χ4v) is 3.04. The molecule has 0 atom stereocenters. The summed E-state index contributed by atoms with van der Waals surface area (Å²) in [6, 6.07) is 13.0. The first-order chi connectivity index (χ1) is 11.7. The van der Waals surface area contributed by atoms with Crippen molar-refractivity contribution in [2.45, 2.75) is 28.9 Å². The summed E-state index contributed by atoms with van der Waals surface area (Å²) >= 11 is 1.31. The predicted molar refractivity (Wildman–Crippen MR) is 88.3 cm³/mol. The Balaban J connectivity index is 1.63. The highest BCUT2D eigenvalue weighted by molar-refractivity contribution is 7.99. The lowest BCUT2D eigenvalue weighted by molar-refractivity contribution is -0.385. The molecule has 1 aliphatic rings. The Morgan fingerprint density at radius 3 is 2.58 bits per heavy atom. The Kier molecular flexibility index (Phi) is 3.73. The van der Waals surface area contributed by atoms with Gasteiger partial charge in [0.25, 0.3) is 5.69 Å². The van der Waals surface area contributed by atoms with E-state index in [1.807, 2.05) is 35.0 Å². The lowest BCUT2D eigenvalue weighted by Crippen LogP contribution is -2.01. The van der Waals surface area contributed by atoms with Crippen molar-refractivity contribution in [2.75, 3.05) is 0 Å². The van der Waals surface area contributed by atoms with Crippen LogP contribution in [0.2, 0.25) is 0 Å². The molecule has 1 fully saturated rings. The van der Waals surface area contributed by atoms with E-state index < -0.39 is 4.92 Å². The van der Waals surface area contributed by atoms with E-state index >= 15 is 0 Å². The average molecular weight is 339 g/mol. The number of benzene rings is 1. The monoisotopic (exact) mass is 339 g/mol. The summed E-state index contributed by atoms with van der Waals surface area (Å²) < 4.78 is 1.88. The number of pyridine rings is 1. The van der Waals surface area contributed by atoms with E-state index in [2.05, 4.69) is 15.1 Å². The van der Waals surface area contributed by atoms with Crippen LogP contribution in [0.1, 0.15) is 24.6 Å². The second kappa shape index (κ2) is 6.04. The molecular weight excluding hydrogens is 326 g/mol. The van der Waals surface area contributed by atoms with Gasteiger partial charge in [-0.2, -0.15) is 0 Å². The van der Waals surface area contributed by atoms with Gasteiger partial charge in [0.1, 0.15) is 17.0 Å². The molecule has 0 N–H and O–H groups in total. The van der Waals surface area contributed by atoms with E-state index in [0.717, 1.165) is 24.4 Å². The lowest BCUT2D eigenvalue weighted by atomic mass is 10.3. The van der Waals surface area contributed by atoms with Crippen LogP contribution in [-0.4, -0.2) is 24.7 Å². The molecule has 2 heterocycles. The zero-order chi connectivity index (χ0) is 16.5. The highest BCUT2D eigenvalue weighted by Crippen LogP contribution is 2.40. The summed E-state index contributed by atoms with van der Waals surface area (Å²) in [5.41, 5.74) is 0.955. The second-order valence-electron chi connectivity index (χ2n) is 5.49. The van der Waals surface area contributed by atoms with Crippen LogP contribution in [0.4, 0.5) is 5.69 Å². The molecule has 3 aromatic rings. The highest BCUT2D eigenvalue weighted by atomic mass is 32.2. The Morgan fingerprint density at radius 1 is 1.17 bits per heavy atom. The molecular formula is C16H13N5O2S. The highest BCUT2D eigenvalue weighted by Gasteiger charge is 2.30. The third-order valence-electron chi connectivity index (χ3n) is 3.68. The van der Waals surface area contributed by atoms with Gasteiger partial charge in [-0.25, -0.2) is 14.6 Å². The Hall–Kier alpha value is -2.74. The maximum atomic E-state index is 10.7. The Labute approximate surface area is 141 Å². The summed E-state index contributed by atoms with van der Waals surface area (Å²) in [4.78, 5) is 19.0. The summed E-state index contributed by atoms with van der Waals surface area (Å²) in [7, 11) is 0. The van der Waals surface area contributed by atoms with E-state index in [9.17, 15) is 10.1 Å². The van der Waals surface area contributed by atoms with Crippen LogP contribution >= 0.6 is 11.8 Å². The van der Waals surface area contributed by atoms with Crippen LogP contribution in [-0.2, 0) is 0 Å². The van der Waals surface area contributed by atoms with Gasteiger partial charge in [-0.3, -0.25) is 10.1 Å². The quantitative estimate of drug-likeness (QED) is 0.521. The van der Waals surface area contributed by atoms with Gasteiger partial charge >= 0.3 is 0 Å². The molecule has 1 aromatic carbocycles. The maximum Gasteiger partial charge on any atom is 0.287 e. The minimum atomic E-state index is -0.463. The van der Waals surface area contributed by atoms with Crippen molar-refractivity contribution in [3.63, 3.8) is 0 Å². The van der Waals surface area contributed by atoms with Crippen LogP contribution < -0.4 is 0 Å². The summed E-state index contributed by atoms with van der Waals surface area (Å²) in [5.74, 6) is 1.42. The van der Waals surface area contributed by atoms with E-state index in [0.29, 0.717) is 16.1 Å². The van der Waals surface area contributed by atoms with Crippen molar-refractivity contribution in [3.8, 4) is 5.69 Å². The molecule has 0 unspecified atom stereocenters. The van der Waals surface area contributed by atoms with Gasteiger partial charge in [-0.15, -0.1) is 5.10 Å². The third kappa shape index (κ3) is 3.00. The Bertz CT molecular complexity index is 875. The van der Waals surface area contributed by atoms with Crippen molar-refractivity contribution >= 4 is 17.4 Å². The summed E-state index contributed by atoms with van der Waals surface area (Å²) in [5, 5.41) is 16.5. The molecule has 0 bridgehead atoms. The first-order valence-corrected chi connectivity index (χ1v) is 8.33. The number of hydrogen-bond donors (Lipinski definition) is 0. The molecule has 0 spiro atoms. The average Bonchev–Trinajstić information content (AvgIpc) is 3.37. The molecule has 0 amide bonds. The molecule has 0 saturated heterocycles. The second-order valence-corrected chi connectivity index (χ2v) is 6.48. The van der Waals surface area contributed by atoms with E-state index in [1.165, 1.54) is 24.0 Å². The topological polar surface area (TPSA) is 86.7 Å². The molecule has 24 heavy (non-hydrogen) atoms. The molecule has 2 aromatic heterocycles. The standard InChI is InChI=1S/C16H13N5O2S/c22-21(23)13-8-9-14(17-10-13)24-16-18-15(11-6-7-11)20(19-16)12-4-2-1-3-5-12/h1-5,8-11H,6-7H2. The van der Waals surface area contributed by atoms with Crippen molar-refractivity contribution in [1.29, 1.82) is 0 Å². The largest absolute Gasteiger partial charge is 0.287 e. The van der Waals surface area contributed by atoms with Gasteiger partial charge in [0.05, 0.1) is 10.6 Å². The first kappa shape index (κ1) is 14.8. The first-order valence-electron chi connectivity index (χ1n) is 7.51. The molecule has 4 rings (SSSR count). The Morgan fingerprint density at radius 2 is 1.96 bits per heavy atom. The van der Waals surface area contributed by atoms with Crippen LogP contribution in [0.25, 0.3) is 5.69 Å². The fourth-order valence-electron chi connectivity index (χ4n) is 2.35. The smallest absolute Gasteiger partial charge is 0.258 e. The van der Waals surface area contributed by atoms with E-state index in [1.54, 1.807) is 6.07 Å². The van der Waals surface area contributed by atoms with Crippen LogP contribution in [0.15, 0.2) is 58.8 Å². The third-order valence-corrected chi connectivity index (χ3v) is 4.49. The zero-order valence-electron chi connectivity index (χ0n) is 12.6. The molecule has 8 heteroatoms. The van der Waals surface area contributed by atoms with Crippen LogP contribution in [0.3, 0.4) is 0 Å². The fraction of sp³-hybridized carbons (Fsp3) is 0.188. The zero-order valence-corrected chi connectivity index (χ0v) is 13.4. The summed E-state index contributed by atoms with van der Waals surface area (Å²) in [6.07, 6.45) is 3.51. The van der Waals surface area contributed by atoms with Crippen molar-refractivity contribution in [1.82, 2.24) is 19.7 Å². The van der Waals surface area contributed by atoms with Gasteiger partial charge in [-0.1, -0.05) is 18.2 Å². The number of nitrogens with zero attached hydrogens (tertiary/aromatic N) is 5. The van der Waals surface area contributed by atoms with Gasteiger partial charge in [-0.05, 0) is 42.8 Å². The molecule has 7 nitrogen and oxygen atoms in total. The SMILES string of the molecule is O=[N+]([O-])c1ccc(Sc2nc(C3CC3)n(-c3ccccc3)n2)nc1. The molecule has 1 aliphatic carbocycles. The lowest BCUT2D eigenvalue weighted by Gasteiger charge is -2.03. The van der Waals surface area contributed by atoms with Gasteiger partial charge in [0.2, 0.25) is 5.16 Å². The van der Waals surface area contributed by atoms with Crippen LogP contribution in [0.5, 0.6) is 0 Å². The normalized spacial score (nSPS) is 13.8. The number of nitro groups is 1. The minimum absolute atomic E-state index is 0.0270. The van der Waals surface area contributed by atoms with Crippen molar-refractivity contribution < 1.29 is 4.92 Å². The number of hydrogen-bond acceptors (Lipinski definition) is 6. The predicted octanol–water partition coefficient (Wildman–Crippen LogP) is 3.60. The molecule has 0 aliphatic heterocycles. The molecule has 0 radical (unpaired) electrons. The van der Waals surface area contributed by atoms with E-state index in [4.69, 9.17) is 0 Å². The molecule has 120 valence electrons. The van der Waals surface area contributed by atoms with E-state index in [-0.39, 0.29) is 5.69 Å². The minimum Gasteiger partial charge on any atom is -0.258 e. The van der Waals surface area contributed by atoms with Crippen molar-refractivity contribution in [3.05, 3.63) is 64.6 Å². The van der Waals surface area contributed by atoms with Gasteiger partial charge in [0, 0.05) is 12.0 Å². The van der Waals surface area contributed by atoms with Crippen molar-refractivity contribution in [2.24, 2.45) is 0 Å². The number of para-hydroxylation sites is 1. The number of rotatable bonds is 5. The van der Waals surface area contributed by atoms with Gasteiger partial charge < -0.3 is 0 Å². The van der Waals surface area contributed by atoms with Gasteiger partial charge in [0.15, 0.2) is 0 Å². The maximum absolute atomic E-state index is 10.7. The molecule has 1 saturated carbocycles.